The van der Waals surface area contributed by atoms with Crippen LogP contribution in [0.5, 0.6) is 0 Å². The maximum Gasteiger partial charge on any atom is 0.225 e. The second-order valence-corrected chi connectivity index (χ2v) is 6.98. The minimum absolute atomic E-state index is 0.0363. The lowest BCUT2D eigenvalue weighted by Gasteiger charge is -2.26. The highest BCUT2D eigenvalue weighted by Gasteiger charge is 2.30. The molecule has 1 aliphatic rings. The summed E-state index contributed by atoms with van der Waals surface area (Å²) in [6.45, 7) is 1.19. The van der Waals surface area contributed by atoms with Gasteiger partial charge in [-0.3, -0.25) is 4.79 Å². The number of carbonyl (C=O) groups excluding carboxylic acids is 1. The number of carbonyl (C=O) groups is 1. The lowest BCUT2D eigenvalue weighted by molar-refractivity contribution is -0.135. The van der Waals surface area contributed by atoms with Crippen molar-refractivity contribution in [2.24, 2.45) is 5.92 Å². The number of hydrogen-bond donors (Lipinski definition) is 0. The third kappa shape index (κ3) is 2.83. The van der Waals surface area contributed by atoms with Gasteiger partial charge in [0.25, 0.3) is 0 Å². The number of aromatic nitrogens is 2. The van der Waals surface area contributed by atoms with Gasteiger partial charge >= 0.3 is 0 Å². The molecular weight excluding hydrogens is 322 g/mol. The Morgan fingerprint density at radius 2 is 2.36 bits per heavy atom. The van der Waals surface area contributed by atoms with Crippen molar-refractivity contribution in [3.8, 4) is 0 Å². The zero-order chi connectivity index (χ0) is 15.7. The topological polar surface area (TPSA) is 55.3 Å². The van der Waals surface area contributed by atoms with Gasteiger partial charge in [0.2, 0.25) is 5.91 Å². The molecule has 1 atom stereocenters. The summed E-state index contributed by atoms with van der Waals surface area (Å²) in [6.07, 6.45) is 3.97. The Balaban J connectivity index is 1.81. The number of hydrogen-bond acceptors (Lipinski definition) is 5. The molecule has 0 saturated heterocycles. The molecule has 0 spiro atoms. The van der Waals surface area contributed by atoms with Crippen LogP contribution in [0.3, 0.4) is 0 Å². The van der Waals surface area contributed by atoms with Gasteiger partial charge < -0.3 is 9.64 Å². The number of halogens is 1. The molecule has 0 aromatic carbocycles. The first-order valence-corrected chi connectivity index (χ1v) is 8.46. The second-order valence-electron chi connectivity index (χ2n) is 5.54. The molecular formula is C15H18ClN3O2S. The van der Waals surface area contributed by atoms with E-state index in [2.05, 4.69) is 9.97 Å². The number of likely N-dealkylation sites (N-methyl/N-ethyl adjacent to an activating group) is 1. The number of fused-ring (bicyclic) bond motifs is 3. The predicted molar refractivity (Wildman–Crippen MR) is 87.5 cm³/mol. The van der Waals surface area contributed by atoms with Gasteiger partial charge in [-0.15, -0.1) is 11.3 Å². The summed E-state index contributed by atoms with van der Waals surface area (Å²) in [4.78, 5) is 24.8. The quantitative estimate of drug-likeness (QED) is 0.803. The Kier molecular flexibility index (Phi) is 4.61. The molecule has 0 fully saturated rings. The van der Waals surface area contributed by atoms with Crippen molar-refractivity contribution >= 4 is 39.1 Å². The van der Waals surface area contributed by atoms with Crippen LogP contribution in [0.1, 0.15) is 16.9 Å². The zero-order valence-corrected chi connectivity index (χ0v) is 14.2. The van der Waals surface area contributed by atoms with Crippen molar-refractivity contribution in [3.05, 3.63) is 21.9 Å². The van der Waals surface area contributed by atoms with E-state index >= 15 is 0 Å². The average Bonchev–Trinajstić information content (AvgIpc) is 2.90. The highest BCUT2D eigenvalue weighted by molar-refractivity contribution is 7.19. The van der Waals surface area contributed by atoms with Gasteiger partial charge in [0, 0.05) is 31.5 Å². The number of methoxy groups -OCH3 is 1. The fourth-order valence-electron chi connectivity index (χ4n) is 2.93. The standard InChI is InChI=1S/C15H18ClN3O2S/c1-19(5-6-21-2)15(20)9-3-4-10-11(7-9)22-14-12(10)13(16)17-8-18-14/h8-9H,3-7H2,1-2H3. The van der Waals surface area contributed by atoms with Crippen LogP contribution < -0.4 is 0 Å². The van der Waals surface area contributed by atoms with Crippen LogP contribution in [0.15, 0.2) is 6.33 Å². The van der Waals surface area contributed by atoms with Crippen LogP contribution in [0.25, 0.3) is 10.2 Å². The molecule has 2 heterocycles. The third-order valence-corrected chi connectivity index (χ3v) is 5.60. The van der Waals surface area contributed by atoms with E-state index in [-0.39, 0.29) is 11.8 Å². The molecule has 1 amide bonds. The number of nitrogens with zero attached hydrogens (tertiary/aromatic N) is 3. The maximum absolute atomic E-state index is 12.5. The molecule has 2 aromatic heterocycles. The fourth-order valence-corrected chi connectivity index (χ4v) is 4.50. The summed E-state index contributed by atoms with van der Waals surface area (Å²) in [6, 6.07) is 0. The van der Waals surface area contributed by atoms with Gasteiger partial charge in [0.15, 0.2) is 0 Å². The van der Waals surface area contributed by atoms with E-state index in [4.69, 9.17) is 16.3 Å². The molecule has 5 nitrogen and oxygen atoms in total. The molecule has 7 heteroatoms. The number of amides is 1. The van der Waals surface area contributed by atoms with E-state index in [1.807, 2.05) is 7.05 Å². The Bertz CT molecular complexity index is 703. The van der Waals surface area contributed by atoms with Gasteiger partial charge in [0.05, 0.1) is 12.0 Å². The second kappa shape index (κ2) is 6.48. The molecule has 0 saturated carbocycles. The smallest absolute Gasteiger partial charge is 0.225 e. The first-order valence-electron chi connectivity index (χ1n) is 7.26. The largest absolute Gasteiger partial charge is 0.383 e. The van der Waals surface area contributed by atoms with Crippen LogP contribution >= 0.6 is 22.9 Å². The van der Waals surface area contributed by atoms with Gasteiger partial charge in [0.1, 0.15) is 16.3 Å². The average molecular weight is 340 g/mol. The van der Waals surface area contributed by atoms with Gasteiger partial charge in [-0.05, 0) is 24.8 Å². The summed E-state index contributed by atoms with van der Waals surface area (Å²) in [5.41, 5.74) is 1.23. The van der Waals surface area contributed by atoms with Crippen molar-refractivity contribution in [3.63, 3.8) is 0 Å². The summed E-state index contributed by atoms with van der Waals surface area (Å²) in [7, 11) is 3.48. The summed E-state index contributed by atoms with van der Waals surface area (Å²) in [5.74, 6) is 0.228. The van der Waals surface area contributed by atoms with E-state index < -0.39 is 0 Å². The molecule has 1 unspecified atom stereocenters. The minimum atomic E-state index is 0.0363. The van der Waals surface area contributed by atoms with Crippen molar-refractivity contribution in [2.75, 3.05) is 27.3 Å². The third-order valence-electron chi connectivity index (χ3n) is 4.16. The molecule has 22 heavy (non-hydrogen) atoms. The van der Waals surface area contributed by atoms with Crippen molar-refractivity contribution < 1.29 is 9.53 Å². The molecule has 2 aromatic rings. The van der Waals surface area contributed by atoms with E-state index in [1.54, 1.807) is 23.3 Å². The highest BCUT2D eigenvalue weighted by atomic mass is 35.5. The lowest BCUT2D eigenvalue weighted by Crippen LogP contribution is -2.37. The summed E-state index contributed by atoms with van der Waals surface area (Å²) >= 11 is 7.84. The summed E-state index contributed by atoms with van der Waals surface area (Å²) < 4.78 is 5.04. The molecule has 0 radical (unpaired) electrons. The molecule has 0 bridgehead atoms. The number of ether oxygens (including phenoxy) is 1. The molecule has 0 aliphatic heterocycles. The van der Waals surface area contributed by atoms with Crippen LogP contribution in [-0.2, 0) is 22.4 Å². The van der Waals surface area contributed by atoms with Crippen LogP contribution in [0.4, 0.5) is 0 Å². The van der Waals surface area contributed by atoms with E-state index in [0.29, 0.717) is 18.3 Å². The fraction of sp³-hybridized carbons (Fsp3) is 0.533. The molecule has 1 aliphatic carbocycles. The summed E-state index contributed by atoms with van der Waals surface area (Å²) in [5, 5.41) is 1.49. The van der Waals surface area contributed by atoms with Gasteiger partial charge in [-0.1, -0.05) is 11.6 Å². The van der Waals surface area contributed by atoms with Crippen LogP contribution in [0.2, 0.25) is 5.15 Å². The van der Waals surface area contributed by atoms with Crippen LogP contribution in [-0.4, -0.2) is 48.1 Å². The van der Waals surface area contributed by atoms with Crippen LogP contribution in [0, 0.1) is 5.92 Å². The Labute approximate surface area is 138 Å². The first-order chi connectivity index (χ1) is 10.6. The lowest BCUT2D eigenvalue weighted by atomic mass is 9.87. The number of rotatable bonds is 4. The van der Waals surface area contributed by atoms with Crippen molar-refractivity contribution in [2.45, 2.75) is 19.3 Å². The SMILES string of the molecule is COCCN(C)C(=O)C1CCc2c(sc3ncnc(Cl)c23)C1. The predicted octanol–water partition coefficient (Wildman–Crippen LogP) is 2.55. The Hall–Kier alpha value is -1.24. The van der Waals surface area contributed by atoms with Gasteiger partial charge in [-0.25, -0.2) is 9.97 Å². The first kappa shape index (κ1) is 15.6. The normalized spacial score (nSPS) is 17.5. The molecule has 118 valence electrons. The number of thiophene rings is 1. The zero-order valence-electron chi connectivity index (χ0n) is 12.6. The minimum Gasteiger partial charge on any atom is -0.383 e. The maximum atomic E-state index is 12.5. The molecule has 3 rings (SSSR count). The van der Waals surface area contributed by atoms with E-state index in [9.17, 15) is 4.79 Å². The van der Waals surface area contributed by atoms with Crippen molar-refractivity contribution in [1.29, 1.82) is 0 Å². The Morgan fingerprint density at radius 3 is 3.14 bits per heavy atom. The number of aryl methyl sites for hydroxylation is 1. The van der Waals surface area contributed by atoms with Crippen molar-refractivity contribution in [1.82, 2.24) is 14.9 Å². The highest BCUT2D eigenvalue weighted by Crippen LogP contribution is 2.39. The van der Waals surface area contributed by atoms with Gasteiger partial charge in [-0.2, -0.15) is 0 Å². The molecule has 0 N–H and O–H groups in total. The van der Waals surface area contributed by atoms with E-state index in [0.717, 1.165) is 29.5 Å². The monoisotopic (exact) mass is 339 g/mol. The Morgan fingerprint density at radius 1 is 1.55 bits per heavy atom. The van der Waals surface area contributed by atoms with E-state index in [1.165, 1.54) is 16.8 Å².